The van der Waals surface area contributed by atoms with E-state index >= 15 is 0 Å². The average molecular weight is 308 g/mol. The summed E-state index contributed by atoms with van der Waals surface area (Å²) in [6.45, 7) is 0.245. The van der Waals surface area contributed by atoms with E-state index in [0.29, 0.717) is 18.5 Å². The van der Waals surface area contributed by atoms with Crippen LogP contribution in [0, 0.1) is 0 Å². The van der Waals surface area contributed by atoms with Gasteiger partial charge in [0.2, 0.25) is 5.91 Å². The van der Waals surface area contributed by atoms with E-state index in [-0.39, 0.29) is 18.9 Å². The third kappa shape index (κ3) is 6.36. The van der Waals surface area contributed by atoms with E-state index in [1.54, 1.807) is 24.3 Å². The SMILES string of the molecule is COCC(NC(=O)CCCNC(=O)c1ccccc1)C(=O)O. The summed E-state index contributed by atoms with van der Waals surface area (Å²) in [6, 6.07) is 7.69. The van der Waals surface area contributed by atoms with Gasteiger partial charge in [-0.2, -0.15) is 0 Å². The van der Waals surface area contributed by atoms with E-state index in [2.05, 4.69) is 10.6 Å². The number of hydrogen-bond acceptors (Lipinski definition) is 4. The van der Waals surface area contributed by atoms with Crippen LogP contribution in [0.2, 0.25) is 0 Å². The Kier molecular flexibility index (Phi) is 7.63. The Morgan fingerprint density at radius 1 is 1.23 bits per heavy atom. The molecule has 1 atom stereocenters. The molecule has 0 saturated heterocycles. The molecular weight excluding hydrogens is 288 g/mol. The maximum absolute atomic E-state index is 11.7. The van der Waals surface area contributed by atoms with Gasteiger partial charge in [-0.05, 0) is 18.6 Å². The Morgan fingerprint density at radius 3 is 2.50 bits per heavy atom. The van der Waals surface area contributed by atoms with Crippen molar-refractivity contribution in [2.24, 2.45) is 0 Å². The number of carboxylic acid groups (broad SMARTS) is 1. The van der Waals surface area contributed by atoms with Gasteiger partial charge in [0, 0.05) is 25.6 Å². The van der Waals surface area contributed by atoms with Gasteiger partial charge in [0.15, 0.2) is 6.04 Å². The second-order valence-electron chi connectivity index (χ2n) is 4.64. The largest absolute Gasteiger partial charge is 0.480 e. The van der Waals surface area contributed by atoms with Crippen LogP contribution in [0.5, 0.6) is 0 Å². The van der Waals surface area contributed by atoms with Crippen molar-refractivity contribution >= 4 is 17.8 Å². The Labute approximate surface area is 128 Å². The highest BCUT2D eigenvalue weighted by atomic mass is 16.5. The normalized spacial score (nSPS) is 11.5. The van der Waals surface area contributed by atoms with Gasteiger partial charge < -0.3 is 20.5 Å². The second kappa shape index (κ2) is 9.51. The quantitative estimate of drug-likeness (QED) is 0.573. The number of methoxy groups -OCH3 is 1. The monoisotopic (exact) mass is 308 g/mol. The Balaban J connectivity index is 2.25. The number of carbonyl (C=O) groups is 3. The fourth-order valence-corrected chi connectivity index (χ4v) is 1.75. The average Bonchev–Trinajstić information content (AvgIpc) is 2.51. The first kappa shape index (κ1) is 17.6. The van der Waals surface area contributed by atoms with E-state index < -0.39 is 17.9 Å². The van der Waals surface area contributed by atoms with Crippen LogP contribution in [0.3, 0.4) is 0 Å². The molecule has 0 aromatic heterocycles. The standard InChI is InChI=1S/C15H20N2O5/c1-22-10-12(15(20)21)17-13(18)8-5-9-16-14(19)11-6-3-2-4-7-11/h2-4,6-7,12H,5,8-10H2,1H3,(H,16,19)(H,17,18)(H,20,21). The zero-order chi connectivity index (χ0) is 16.4. The lowest BCUT2D eigenvalue weighted by Crippen LogP contribution is -2.43. The van der Waals surface area contributed by atoms with Gasteiger partial charge in [-0.1, -0.05) is 18.2 Å². The number of carbonyl (C=O) groups excluding carboxylic acids is 2. The molecule has 22 heavy (non-hydrogen) atoms. The van der Waals surface area contributed by atoms with Gasteiger partial charge in [-0.15, -0.1) is 0 Å². The van der Waals surface area contributed by atoms with Gasteiger partial charge >= 0.3 is 5.97 Å². The summed E-state index contributed by atoms with van der Waals surface area (Å²) in [7, 11) is 1.36. The molecule has 0 fully saturated rings. The molecule has 0 radical (unpaired) electrons. The highest BCUT2D eigenvalue weighted by Gasteiger charge is 2.19. The minimum absolute atomic E-state index is 0.0915. The molecule has 0 saturated carbocycles. The summed E-state index contributed by atoms with van der Waals surface area (Å²) in [4.78, 5) is 34.2. The summed E-state index contributed by atoms with van der Waals surface area (Å²) in [5.41, 5.74) is 0.554. The topological polar surface area (TPSA) is 105 Å². The molecule has 0 bridgehead atoms. The first-order valence-electron chi connectivity index (χ1n) is 6.89. The minimum Gasteiger partial charge on any atom is -0.480 e. The van der Waals surface area contributed by atoms with Gasteiger partial charge in [-0.25, -0.2) is 4.79 Å². The number of amides is 2. The molecule has 7 nitrogen and oxygen atoms in total. The van der Waals surface area contributed by atoms with Crippen LogP contribution in [-0.4, -0.2) is 49.2 Å². The Bertz CT molecular complexity index is 504. The third-order valence-corrected chi connectivity index (χ3v) is 2.87. The van der Waals surface area contributed by atoms with Gasteiger partial charge in [0.1, 0.15) is 0 Å². The highest BCUT2D eigenvalue weighted by Crippen LogP contribution is 1.98. The molecule has 7 heteroatoms. The van der Waals surface area contributed by atoms with Crippen LogP contribution in [-0.2, 0) is 14.3 Å². The lowest BCUT2D eigenvalue weighted by molar-refractivity contribution is -0.143. The molecule has 0 aliphatic rings. The number of aliphatic carboxylic acids is 1. The molecule has 2 amide bonds. The van der Waals surface area contributed by atoms with Crippen LogP contribution in [0.4, 0.5) is 0 Å². The lowest BCUT2D eigenvalue weighted by Gasteiger charge is -2.13. The number of rotatable bonds is 9. The first-order chi connectivity index (χ1) is 10.5. The van der Waals surface area contributed by atoms with Crippen molar-refractivity contribution in [3.8, 4) is 0 Å². The molecule has 120 valence electrons. The zero-order valence-electron chi connectivity index (χ0n) is 12.4. The molecule has 0 spiro atoms. The predicted molar refractivity (Wildman–Crippen MR) is 79.5 cm³/mol. The van der Waals surface area contributed by atoms with Crippen molar-refractivity contribution in [1.82, 2.24) is 10.6 Å². The molecule has 0 heterocycles. The zero-order valence-corrected chi connectivity index (χ0v) is 12.4. The summed E-state index contributed by atoms with van der Waals surface area (Å²) < 4.78 is 4.72. The van der Waals surface area contributed by atoms with Crippen molar-refractivity contribution in [2.45, 2.75) is 18.9 Å². The lowest BCUT2D eigenvalue weighted by atomic mass is 10.2. The highest BCUT2D eigenvalue weighted by molar-refractivity contribution is 5.94. The number of carboxylic acids is 1. The molecule has 0 aliphatic heterocycles. The molecule has 1 rings (SSSR count). The van der Waals surface area contributed by atoms with E-state index in [1.165, 1.54) is 7.11 Å². The van der Waals surface area contributed by atoms with Crippen molar-refractivity contribution in [3.05, 3.63) is 35.9 Å². The van der Waals surface area contributed by atoms with Gasteiger partial charge in [0.25, 0.3) is 5.91 Å². The van der Waals surface area contributed by atoms with Crippen molar-refractivity contribution in [1.29, 1.82) is 0 Å². The maximum Gasteiger partial charge on any atom is 0.328 e. The van der Waals surface area contributed by atoms with Crippen LogP contribution in [0.15, 0.2) is 30.3 Å². The van der Waals surface area contributed by atoms with Gasteiger partial charge in [0.05, 0.1) is 6.61 Å². The van der Waals surface area contributed by atoms with E-state index in [9.17, 15) is 14.4 Å². The third-order valence-electron chi connectivity index (χ3n) is 2.87. The number of nitrogens with one attached hydrogen (secondary N) is 2. The second-order valence-corrected chi connectivity index (χ2v) is 4.64. The summed E-state index contributed by atoms with van der Waals surface area (Å²) in [5, 5.41) is 13.9. The maximum atomic E-state index is 11.7. The molecule has 1 aromatic rings. The fourth-order valence-electron chi connectivity index (χ4n) is 1.75. The number of hydrogen-bond donors (Lipinski definition) is 3. The van der Waals surface area contributed by atoms with Crippen LogP contribution in [0.1, 0.15) is 23.2 Å². The molecular formula is C15H20N2O5. The van der Waals surface area contributed by atoms with E-state index in [0.717, 1.165) is 0 Å². The molecule has 1 aromatic carbocycles. The van der Waals surface area contributed by atoms with Crippen LogP contribution < -0.4 is 10.6 Å². The van der Waals surface area contributed by atoms with Crippen molar-refractivity contribution < 1.29 is 24.2 Å². The smallest absolute Gasteiger partial charge is 0.328 e. The Hall–Kier alpha value is -2.41. The van der Waals surface area contributed by atoms with E-state index in [1.807, 2.05) is 6.07 Å². The Morgan fingerprint density at radius 2 is 1.91 bits per heavy atom. The predicted octanol–water partition coefficient (Wildman–Crippen LogP) is 0.412. The fraction of sp³-hybridized carbons (Fsp3) is 0.400. The summed E-state index contributed by atoms with van der Waals surface area (Å²) in [5.74, 6) is -1.74. The van der Waals surface area contributed by atoms with Crippen molar-refractivity contribution in [3.63, 3.8) is 0 Å². The van der Waals surface area contributed by atoms with Crippen molar-refractivity contribution in [2.75, 3.05) is 20.3 Å². The van der Waals surface area contributed by atoms with Crippen LogP contribution >= 0.6 is 0 Å². The van der Waals surface area contributed by atoms with E-state index in [4.69, 9.17) is 9.84 Å². The minimum atomic E-state index is -1.15. The molecule has 0 aliphatic carbocycles. The summed E-state index contributed by atoms with van der Waals surface area (Å²) in [6.07, 6.45) is 0.548. The van der Waals surface area contributed by atoms with Crippen LogP contribution in [0.25, 0.3) is 0 Å². The number of ether oxygens (including phenoxy) is 1. The first-order valence-corrected chi connectivity index (χ1v) is 6.89. The number of benzene rings is 1. The van der Waals surface area contributed by atoms with Gasteiger partial charge in [-0.3, -0.25) is 9.59 Å². The summed E-state index contributed by atoms with van der Waals surface area (Å²) >= 11 is 0. The molecule has 3 N–H and O–H groups in total. The molecule has 1 unspecified atom stereocenters.